The third-order valence-electron chi connectivity index (χ3n) is 5.73. The lowest BCUT2D eigenvalue weighted by Crippen LogP contribution is -2.38. The largest absolute Gasteiger partial charge is 0.444 e. The number of carbonyl (C=O) groups is 1. The predicted octanol–water partition coefficient (Wildman–Crippen LogP) is 3.66. The molecule has 2 saturated heterocycles. The second-order valence-electron chi connectivity index (χ2n) is 9.11. The molecule has 2 fully saturated rings. The first-order valence-corrected chi connectivity index (χ1v) is 11.5. The van der Waals surface area contributed by atoms with Gasteiger partial charge in [0, 0.05) is 54.9 Å². The normalized spacial score (nSPS) is 22.3. The first kappa shape index (κ1) is 21.9. The molecule has 2 aliphatic rings. The van der Waals surface area contributed by atoms with E-state index >= 15 is 0 Å². The number of fused-ring (bicyclic) bond motifs is 2. The molecule has 1 amide bonds. The van der Waals surface area contributed by atoms with Crippen molar-refractivity contribution >= 4 is 26.9 Å². The highest BCUT2D eigenvalue weighted by atomic mass is 32.2. The van der Waals surface area contributed by atoms with E-state index in [-0.39, 0.29) is 35.2 Å². The summed E-state index contributed by atoms with van der Waals surface area (Å²) in [5.74, 6) is -0.0398. The number of pyridine rings is 1. The summed E-state index contributed by atoms with van der Waals surface area (Å²) in [7, 11) is -3.99. The van der Waals surface area contributed by atoms with E-state index in [1.807, 2.05) is 0 Å². The summed E-state index contributed by atoms with van der Waals surface area (Å²) in [4.78, 5) is 17.6. The van der Waals surface area contributed by atoms with Crippen LogP contribution in [0, 0.1) is 11.8 Å². The molecule has 0 bridgehead atoms. The maximum Gasteiger partial charge on any atom is 0.410 e. The zero-order chi connectivity index (χ0) is 22.6. The predicted molar refractivity (Wildman–Crippen MR) is 110 cm³/mol. The minimum Gasteiger partial charge on any atom is -0.444 e. The number of hydrogen-bond acceptors (Lipinski definition) is 5. The quantitative estimate of drug-likeness (QED) is 0.709. The van der Waals surface area contributed by atoms with Crippen molar-refractivity contribution in [1.29, 1.82) is 0 Å². The third-order valence-corrected chi connectivity index (χ3v) is 7.61. The van der Waals surface area contributed by atoms with Crippen LogP contribution in [0.2, 0.25) is 0 Å². The first-order chi connectivity index (χ1) is 14.5. The van der Waals surface area contributed by atoms with Gasteiger partial charge in [-0.25, -0.2) is 22.0 Å². The van der Waals surface area contributed by atoms with Crippen molar-refractivity contribution in [1.82, 2.24) is 14.2 Å². The van der Waals surface area contributed by atoms with Crippen LogP contribution in [-0.2, 0) is 14.8 Å². The first-order valence-electron chi connectivity index (χ1n) is 10.1. The second-order valence-corrected chi connectivity index (χ2v) is 11.0. The Morgan fingerprint density at radius 3 is 2.35 bits per heavy atom. The van der Waals surface area contributed by atoms with E-state index in [1.54, 1.807) is 31.7 Å². The highest BCUT2D eigenvalue weighted by molar-refractivity contribution is 7.89. The molecule has 0 aliphatic carbocycles. The number of halogens is 2. The molecule has 3 heterocycles. The Morgan fingerprint density at radius 2 is 1.77 bits per heavy atom. The van der Waals surface area contributed by atoms with E-state index < -0.39 is 33.7 Å². The average Bonchev–Trinajstić information content (AvgIpc) is 3.25. The monoisotopic (exact) mass is 453 g/mol. The number of benzene rings is 1. The van der Waals surface area contributed by atoms with Crippen LogP contribution in [-0.4, -0.2) is 60.5 Å². The molecule has 0 saturated carbocycles. The number of ether oxygens (including phenoxy) is 1. The van der Waals surface area contributed by atoms with Crippen molar-refractivity contribution in [2.45, 2.75) is 37.7 Å². The summed E-state index contributed by atoms with van der Waals surface area (Å²) < 4.78 is 60.7. The van der Waals surface area contributed by atoms with Gasteiger partial charge in [-0.05, 0) is 38.7 Å². The van der Waals surface area contributed by atoms with E-state index in [0.717, 1.165) is 6.20 Å². The zero-order valence-electron chi connectivity index (χ0n) is 17.6. The average molecular weight is 454 g/mol. The van der Waals surface area contributed by atoms with Crippen LogP contribution in [0.15, 0.2) is 35.5 Å². The highest BCUT2D eigenvalue weighted by Gasteiger charge is 2.46. The Kier molecular flexibility index (Phi) is 5.41. The number of likely N-dealkylation sites (tertiary alicyclic amines) is 1. The number of amides is 1. The lowest BCUT2D eigenvalue weighted by molar-refractivity contribution is 0.0279. The molecule has 0 N–H and O–H groups in total. The van der Waals surface area contributed by atoms with Crippen LogP contribution in [0.5, 0.6) is 0 Å². The van der Waals surface area contributed by atoms with Crippen molar-refractivity contribution in [2.24, 2.45) is 11.8 Å². The fourth-order valence-corrected chi connectivity index (χ4v) is 6.17. The Labute approximate surface area is 180 Å². The number of sulfonamides is 1. The lowest BCUT2D eigenvalue weighted by atomic mass is 10.0. The van der Waals surface area contributed by atoms with Crippen LogP contribution in [0.4, 0.5) is 13.6 Å². The van der Waals surface area contributed by atoms with Crippen LogP contribution in [0.25, 0.3) is 10.8 Å². The smallest absolute Gasteiger partial charge is 0.410 e. The summed E-state index contributed by atoms with van der Waals surface area (Å²) in [6.45, 7) is 6.67. The fourth-order valence-electron chi connectivity index (χ4n) is 4.37. The summed E-state index contributed by atoms with van der Waals surface area (Å²) in [6.07, 6.45) is -0.839. The van der Waals surface area contributed by atoms with Crippen LogP contribution >= 0.6 is 0 Å². The van der Waals surface area contributed by atoms with Gasteiger partial charge in [-0.15, -0.1) is 0 Å². The summed E-state index contributed by atoms with van der Waals surface area (Å²) in [5, 5.41) is 0.370. The van der Waals surface area contributed by atoms with Gasteiger partial charge in [-0.2, -0.15) is 4.31 Å². The standard InChI is InChI=1S/C21H25F2N3O4S/c1-21(2,3)30-20(27)25-9-14-11-26(12-15(14)10-25)31(28,29)17-6-4-5-13-7-24-8-16(18(13)17)19(22)23/h4-8,14-15,19H,9-12H2,1-3H3. The Hall–Kier alpha value is -2.33. The van der Waals surface area contributed by atoms with Crippen LogP contribution in [0.1, 0.15) is 32.8 Å². The van der Waals surface area contributed by atoms with Gasteiger partial charge in [0.05, 0.1) is 4.90 Å². The lowest BCUT2D eigenvalue weighted by Gasteiger charge is -2.26. The molecule has 0 spiro atoms. The number of carbonyl (C=O) groups excluding carboxylic acids is 1. The maximum atomic E-state index is 13.6. The van der Waals surface area contributed by atoms with Gasteiger partial charge >= 0.3 is 6.09 Å². The molecule has 2 unspecified atom stereocenters. The molecule has 7 nitrogen and oxygen atoms in total. The number of alkyl halides is 2. The molecule has 10 heteroatoms. The zero-order valence-corrected chi connectivity index (χ0v) is 18.4. The summed E-state index contributed by atoms with van der Waals surface area (Å²) in [6, 6.07) is 4.47. The van der Waals surface area contributed by atoms with E-state index in [4.69, 9.17) is 4.74 Å². The van der Waals surface area contributed by atoms with Gasteiger partial charge in [-0.1, -0.05) is 12.1 Å². The van der Waals surface area contributed by atoms with Gasteiger partial charge in [0.15, 0.2) is 0 Å². The van der Waals surface area contributed by atoms with Crippen molar-refractivity contribution in [2.75, 3.05) is 26.2 Å². The van der Waals surface area contributed by atoms with Gasteiger partial charge < -0.3 is 9.64 Å². The molecule has 168 valence electrons. The highest BCUT2D eigenvalue weighted by Crippen LogP contribution is 2.38. The van der Waals surface area contributed by atoms with E-state index in [9.17, 15) is 22.0 Å². The Balaban J connectivity index is 1.58. The number of rotatable bonds is 3. The van der Waals surface area contributed by atoms with Crippen molar-refractivity contribution in [3.05, 3.63) is 36.2 Å². The van der Waals surface area contributed by atoms with Gasteiger partial charge in [-0.3, -0.25) is 4.98 Å². The molecule has 1 aromatic carbocycles. The molecule has 31 heavy (non-hydrogen) atoms. The van der Waals surface area contributed by atoms with Crippen LogP contribution in [0.3, 0.4) is 0 Å². The minimum atomic E-state index is -3.99. The number of hydrogen-bond donors (Lipinski definition) is 0. The molecular formula is C21H25F2N3O4S. The van der Waals surface area contributed by atoms with Gasteiger partial charge in [0.1, 0.15) is 5.60 Å². The minimum absolute atomic E-state index is 0.0138. The molecule has 2 atom stereocenters. The van der Waals surface area contributed by atoms with Crippen molar-refractivity contribution in [3.8, 4) is 0 Å². The molecule has 0 radical (unpaired) electrons. The Morgan fingerprint density at radius 1 is 1.13 bits per heavy atom. The van der Waals surface area contributed by atoms with E-state index in [0.29, 0.717) is 18.5 Å². The molecule has 2 aliphatic heterocycles. The maximum absolute atomic E-state index is 13.6. The molecule has 2 aromatic rings. The van der Waals surface area contributed by atoms with E-state index in [2.05, 4.69) is 4.98 Å². The molecule has 4 rings (SSSR count). The van der Waals surface area contributed by atoms with Crippen molar-refractivity contribution < 1.29 is 26.7 Å². The van der Waals surface area contributed by atoms with E-state index in [1.165, 1.54) is 22.6 Å². The number of aromatic nitrogens is 1. The SMILES string of the molecule is CC(C)(C)OC(=O)N1CC2CN(S(=O)(=O)c3cccc4cncc(C(F)F)c34)CC2C1. The van der Waals surface area contributed by atoms with Crippen LogP contribution < -0.4 is 0 Å². The summed E-state index contributed by atoms with van der Waals surface area (Å²) in [5.41, 5.74) is -0.998. The van der Waals surface area contributed by atoms with Crippen molar-refractivity contribution in [3.63, 3.8) is 0 Å². The third kappa shape index (κ3) is 4.10. The molecular weight excluding hydrogens is 428 g/mol. The number of nitrogens with zero attached hydrogens (tertiary/aromatic N) is 3. The topological polar surface area (TPSA) is 79.8 Å². The Bertz CT molecular complexity index is 1100. The van der Waals surface area contributed by atoms with Gasteiger partial charge in [0.25, 0.3) is 6.43 Å². The summed E-state index contributed by atoms with van der Waals surface area (Å²) >= 11 is 0. The molecule has 1 aromatic heterocycles. The second kappa shape index (κ2) is 7.67. The van der Waals surface area contributed by atoms with Gasteiger partial charge in [0.2, 0.25) is 10.0 Å². The fraction of sp³-hybridized carbons (Fsp3) is 0.524.